The van der Waals surface area contributed by atoms with Crippen molar-refractivity contribution >= 4 is 21.8 Å². The van der Waals surface area contributed by atoms with Gasteiger partial charge in [0.25, 0.3) is 5.56 Å². The number of nitrogens with zero attached hydrogens (tertiary/aromatic N) is 3. The van der Waals surface area contributed by atoms with Crippen molar-refractivity contribution in [3.63, 3.8) is 0 Å². The topological polar surface area (TPSA) is 63.6 Å². The summed E-state index contributed by atoms with van der Waals surface area (Å²) in [7, 11) is 0. The fourth-order valence-electron chi connectivity index (χ4n) is 2.90. The molecule has 1 N–H and O–H groups in total. The van der Waals surface area contributed by atoms with E-state index in [1.54, 1.807) is 17.0 Å². The van der Waals surface area contributed by atoms with E-state index in [2.05, 4.69) is 15.2 Å². The number of benzene rings is 1. The molecule has 0 amide bonds. The van der Waals surface area contributed by atoms with Gasteiger partial charge in [0.15, 0.2) is 0 Å². The second-order valence-electron chi connectivity index (χ2n) is 5.17. The maximum Gasteiger partial charge on any atom is 0.262 e. The number of nitrogens with one attached hydrogen (secondary N) is 1. The maximum atomic E-state index is 12.6. The van der Waals surface area contributed by atoms with Gasteiger partial charge in [0.1, 0.15) is 5.52 Å². The summed E-state index contributed by atoms with van der Waals surface area (Å²) in [5, 5.41) is 8.64. The van der Waals surface area contributed by atoms with Crippen molar-refractivity contribution < 1.29 is 0 Å². The van der Waals surface area contributed by atoms with Gasteiger partial charge < -0.3 is 4.57 Å². The van der Waals surface area contributed by atoms with Crippen LogP contribution in [0.15, 0.2) is 53.7 Å². The molecule has 0 spiro atoms. The summed E-state index contributed by atoms with van der Waals surface area (Å²) in [6.07, 6.45) is 5.24. The van der Waals surface area contributed by atoms with E-state index in [1.165, 1.54) is 0 Å². The number of rotatable bonds is 2. The predicted octanol–water partition coefficient (Wildman–Crippen LogP) is 2.96. The van der Waals surface area contributed by atoms with Crippen LogP contribution in [0.3, 0.4) is 0 Å². The Balaban J connectivity index is 2.11. The molecular weight excluding hydrogens is 276 g/mol. The van der Waals surface area contributed by atoms with Crippen LogP contribution in [-0.4, -0.2) is 19.7 Å². The number of H-pyrrole nitrogens is 1. The number of hydrogen-bond donors (Lipinski definition) is 1. The molecule has 5 heteroatoms. The molecular formula is C17H14N4O. The Labute approximate surface area is 126 Å². The highest BCUT2D eigenvalue weighted by atomic mass is 16.1. The summed E-state index contributed by atoms with van der Waals surface area (Å²) in [5.41, 5.74) is 3.68. The van der Waals surface area contributed by atoms with Gasteiger partial charge >= 0.3 is 0 Å². The monoisotopic (exact) mass is 290 g/mol. The molecule has 5 nitrogen and oxygen atoms in total. The first-order chi connectivity index (χ1) is 10.8. The van der Waals surface area contributed by atoms with E-state index >= 15 is 0 Å². The minimum absolute atomic E-state index is 0.0120. The summed E-state index contributed by atoms with van der Waals surface area (Å²) in [4.78, 5) is 16.7. The van der Waals surface area contributed by atoms with Gasteiger partial charge in [-0.1, -0.05) is 12.1 Å². The molecule has 3 heterocycles. The Morgan fingerprint density at radius 2 is 2.09 bits per heavy atom. The standard InChI is InChI=1S/C17H14N4O/c1-2-21-15-8-11(12-4-3-7-18-9-12)5-6-13(15)16-14(17(21)22)10-19-20-16/h3-10H,2H2,1H3,(H,19,20). The molecule has 108 valence electrons. The van der Waals surface area contributed by atoms with Gasteiger partial charge in [-0.2, -0.15) is 5.10 Å². The Bertz CT molecular complexity index is 1030. The van der Waals surface area contributed by atoms with Crippen molar-refractivity contribution in [2.75, 3.05) is 0 Å². The van der Waals surface area contributed by atoms with Crippen LogP contribution in [0.25, 0.3) is 32.9 Å². The van der Waals surface area contributed by atoms with Gasteiger partial charge in [-0.3, -0.25) is 14.9 Å². The van der Waals surface area contributed by atoms with E-state index in [-0.39, 0.29) is 5.56 Å². The summed E-state index contributed by atoms with van der Waals surface area (Å²) >= 11 is 0. The van der Waals surface area contributed by atoms with Crippen molar-refractivity contribution in [1.82, 2.24) is 19.7 Å². The number of fused-ring (bicyclic) bond motifs is 3. The van der Waals surface area contributed by atoms with Crippen molar-refractivity contribution in [2.24, 2.45) is 0 Å². The van der Waals surface area contributed by atoms with Crippen molar-refractivity contribution in [2.45, 2.75) is 13.5 Å². The molecule has 0 saturated heterocycles. The SMILES string of the molecule is CCn1c(=O)c2c[nH]nc2c2ccc(-c3cccnc3)cc21. The first kappa shape index (κ1) is 12.8. The molecule has 4 aromatic rings. The molecule has 4 rings (SSSR count). The number of aromatic amines is 1. The molecule has 0 bridgehead atoms. The summed E-state index contributed by atoms with van der Waals surface area (Å²) in [5.74, 6) is 0. The van der Waals surface area contributed by atoms with E-state index in [1.807, 2.05) is 43.5 Å². The Morgan fingerprint density at radius 1 is 1.18 bits per heavy atom. The van der Waals surface area contributed by atoms with Gasteiger partial charge in [0, 0.05) is 36.1 Å². The fraction of sp³-hybridized carbons (Fsp3) is 0.118. The molecule has 0 radical (unpaired) electrons. The third kappa shape index (κ3) is 1.75. The molecule has 0 aliphatic rings. The normalized spacial score (nSPS) is 11.3. The highest BCUT2D eigenvalue weighted by Gasteiger charge is 2.12. The van der Waals surface area contributed by atoms with Crippen LogP contribution in [0.2, 0.25) is 0 Å². The van der Waals surface area contributed by atoms with Gasteiger partial charge in [0.2, 0.25) is 0 Å². The van der Waals surface area contributed by atoms with E-state index in [0.29, 0.717) is 11.9 Å². The zero-order valence-electron chi connectivity index (χ0n) is 12.1. The largest absolute Gasteiger partial charge is 0.308 e. The second kappa shape index (κ2) is 4.80. The number of hydrogen-bond acceptors (Lipinski definition) is 3. The van der Waals surface area contributed by atoms with E-state index < -0.39 is 0 Å². The third-order valence-electron chi connectivity index (χ3n) is 3.97. The fourth-order valence-corrected chi connectivity index (χ4v) is 2.90. The molecule has 0 aliphatic heterocycles. The predicted molar refractivity (Wildman–Crippen MR) is 86.8 cm³/mol. The van der Waals surface area contributed by atoms with Crippen molar-refractivity contribution in [3.8, 4) is 11.1 Å². The molecule has 0 aliphatic carbocycles. The lowest BCUT2D eigenvalue weighted by molar-refractivity contribution is 0.767. The summed E-state index contributed by atoms with van der Waals surface area (Å²) in [6.45, 7) is 2.59. The molecule has 3 aromatic heterocycles. The van der Waals surface area contributed by atoms with Crippen LogP contribution in [-0.2, 0) is 6.54 Å². The second-order valence-corrected chi connectivity index (χ2v) is 5.17. The Morgan fingerprint density at radius 3 is 2.86 bits per heavy atom. The van der Waals surface area contributed by atoms with E-state index in [0.717, 1.165) is 27.5 Å². The van der Waals surface area contributed by atoms with Crippen LogP contribution in [0.4, 0.5) is 0 Å². The minimum Gasteiger partial charge on any atom is -0.308 e. The highest BCUT2D eigenvalue weighted by molar-refractivity contribution is 6.04. The van der Waals surface area contributed by atoms with Gasteiger partial charge in [0.05, 0.1) is 10.9 Å². The summed E-state index contributed by atoms with van der Waals surface area (Å²) < 4.78 is 1.78. The van der Waals surface area contributed by atoms with Gasteiger partial charge in [-0.15, -0.1) is 0 Å². The first-order valence-corrected chi connectivity index (χ1v) is 7.20. The van der Waals surface area contributed by atoms with E-state index in [4.69, 9.17) is 0 Å². The molecule has 0 unspecified atom stereocenters. The number of pyridine rings is 2. The van der Waals surface area contributed by atoms with Crippen molar-refractivity contribution in [1.29, 1.82) is 0 Å². The van der Waals surface area contributed by atoms with Crippen LogP contribution in [0, 0.1) is 0 Å². The number of aryl methyl sites for hydroxylation is 1. The molecule has 0 atom stereocenters. The lowest BCUT2D eigenvalue weighted by Crippen LogP contribution is -2.19. The van der Waals surface area contributed by atoms with Crippen LogP contribution in [0.5, 0.6) is 0 Å². The highest BCUT2D eigenvalue weighted by Crippen LogP contribution is 2.26. The zero-order chi connectivity index (χ0) is 15.1. The average Bonchev–Trinajstić information content (AvgIpc) is 3.06. The molecule has 1 aromatic carbocycles. The minimum atomic E-state index is -0.0120. The van der Waals surface area contributed by atoms with Gasteiger partial charge in [-0.25, -0.2) is 0 Å². The smallest absolute Gasteiger partial charge is 0.262 e. The first-order valence-electron chi connectivity index (χ1n) is 7.20. The average molecular weight is 290 g/mol. The molecule has 0 fully saturated rings. The molecule has 22 heavy (non-hydrogen) atoms. The van der Waals surface area contributed by atoms with Gasteiger partial charge in [-0.05, 0) is 30.7 Å². The quantitative estimate of drug-likeness (QED) is 0.617. The lowest BCUT2D eigenvalue weighted by Gasteiger charge is -2.10. The van der Waals surface area contributed by atoms with E-state index in [9.17, 15) is 4.79 Å². The maximum absolute atomic E-state index is 12.6. The lowest BCUT2D eigenvalue weighted by atomic mass is 10.0. The number of aromatic nitrogens is 4. The van der Waals surface area contributed by atoms with Crippen LogP contribution >= 0.6 is 0 Å². The summed E-state index contributed by atoms with van der Waals surface area (Å²) in [6, 6.07) is 10.0. The van der Waals surface area contributed by atoms with Crippen LogP contribution < -0.4 is 5.56 Å². The Kier molecular flexibility index (Phi) is 2.79. The van der Waals surface area contributed by atoms with Crippen LogP contribution in [0.1, 0.15) is 6.92 Å². The third-order valence-corrected chi connectivity index (χ3v) is 3.97. The zero-order valence-corrected chi connectivity index (χ0v) is 12.1. The Hall–Kier alpha value is -2.95. The van der Waals surface area contributed by atoms with Crippen molar-refractivity contribution in [3.05, 3.63) is 59.3 Å². The molecule has 0 saturated carbocycles.